The Balaban J connectivity index is 1.69. The zero-order chi connectivity index (χ0) is 25.2. The average Bonchev–Trinajstić information content (AvgIpc) is 2.91. The highest BCUT2D eigenvalue weighted by atomic mass is 35.5. The molecule has 0 aromatic heterocycles. The minimum atomic E-state index is -0.694. The second-order valence-corrected chi connectivity index (χ2v) is 9.72. The second kappa shape index (κ2) is 9.96. The fourth-order valence-corrected chi connectivity index (χ4v) is 3.92. The third kappa shape index (κ3) is 6.11. The summed E-state index contributed by atoms with van der Waals surface area (Å²) < 4.78 is 5.31. The lowest BCUT2D eigenvalue weighted by molar-refractivity contribution is -0.117. The predicted molar refractivity (Wildman–Crippen MR) is 141 cm³/mol. The van der Waals surface area contributed by atoms with Crippen molar-refractivity contribution >= 4 is 54.0 Å². The maximum Gasteiger partial charge on any atom is 0.412 e. The van der Waals surface area contributed by atoms with Gasteiger partial charge in [0.05, 0.1) is 11.4 Å². The summed E-state index contributed by atoms with van der Waals surface area (Å²) in [6.07, 6.45) is -0.188. The molecule has 1 unspecified atom stereocenters. The topological polar surface area (TPSA) is 79.8 Å². The van der Waals surface area contributed by atoms with Gasteiger partial charge in [-0.05, 0) is 51.1 Å². The number of amides is 2. The van der Waals surface area contributed by atoms with Gasteiger partial charge in [-0.2, -0.15) is 0 Å². The Kier molecular flexibility index (Phi) is 6.99. The van der Waals surface area contributed by atoms with Crippen molar-refractivity contribution in [3.63, 3.8) is 0 Å². The highest BCUT2D eigenvalue weighted by molar-refractivity contribution is 6.33. The molecule has 4 rings (SSSR count). The van der Waals surface area contributed by atoms with E-state index in [4.69, 9.17) is 29.2 Å². The third-order valence-corrected chi connectivity index (χ3v) is 5.59. The summed E-state index contributed by atoms with van der Waals surface area (Å²) in [4.78, 5) is 30.1. The first-order chi connectivity index (χ1) is 16.6. The van der Waals surface area contributed by atoms with Crippen molar-refractivity contribution in [3.05, 3.63) is 88.4 Å². The SMILES string of the molecule is [B]c1ccccc1CC1N=C(c2ccc(NC(=O)OC(C)(C)C)cc2)c2cc(Cl)ccc2NC1=O. The van der Waals surface area contributed by atoms with Gasteiger partial charge in [0.2, 0.25) is 5.91 Å². The molecule has 176 valence electrons. The van der Waals surface area contributed by atoms with E-state index in [0.29, 0.717) is 39.6 Å². The van der Waals surface area contributed by atoms with E-state index in [9.17, 15) is 9.59 Å². The van der Waals surface area contributed by atoms with E-state index in [0.717, 1.165) is 11.1 Å². The molecule has 3 aromatic carbocycles. The third-order valence-electron chi connectivity index (χ3n) is 5.35. The van der Waals surface area contributed by atoms with Crippen LogP contribution in [0.1, 0.15) is 37.5 Å². The summed E-state index contributed by atoms with van der Waals surface area (Å²) in [6, 6.07) is 19.2. The summed E-state index contributed by atoms with van der Waals surface area (Å²) in [5, 5.41) is 6.22. The molecule has 1 heterocycles. The van der Waals surface area contributed by atoms with Crippen LogP contribution in [-0.4, -0.2) is 37.2 Å². The van der Waals surface area contributed by atoms with Crippen molar-refractivity contribution in [1.29, 1.82) is 0 Å². The normalized spacial score (nSPS) is 15.4. The average molecular weight is 486 g/mol. The molecule has 2 N–H and O–H groups in total. The summed E-state index contributed by atoms with van der Waals surface area (Å²) in [5.74, 6) is -0.227. The minimum Gasteiger partial charge on any atom is -0.444 e. The van der Waals surface area contributed by atoms with Crippen molar-refractivity contribution in [2.45, 2.75) is 38.8 Å². The Morgan fingerprint density at radius 1 is 1.11 bits per heavy atom. The number of hydrogen-bond acceptors (Lipinski definition) is 4. The smallest absolute Gasteiger partial charge is 0.412 e. The first kappa shape index (κ1) is 24.5. The molecule has 2 amide bonds. The molecule has 6 nitrogen and oxygen atoms in total. The van der Waals surface area contributed by atoms with Crippen LogP contribution in [0.3, 0.4) is 0 Å². The highest BCUT2D eigenvalue weighted by Crippen LogP contribution is 2.28. The van der Waals surface area contributed by atoms with Crippen molar-refractivity contribution in [2.24, 2.45) is 4.99 Å². The van der Waals surface area contributed by atoms with Crippen LogP contribution in [0.4, 0.5) is 16.2 Å². The molecular weight excluding hydrogens is 461 g/mol. The molecule has 0 aliphatic carbocycles. The lowest BCUT2D eigenvalue weighted by atomic mass is 9.87. The van der Waals surface area contributed by atoms with Crippen LogP contribution >= 0.6 is 11.6 Å². The Bertz CT molecular complexity index is 1300. The van der Waals surface area contributed by atoms with E-state index < -0.39 is 17.7 Å². The van der Waals surface area contributed by atoms with Gasteiger partial charge in [0.25, 0.3) is 0 Å². The quantitative estimate of drug-likeness (QED) is 0.517. The van der Waals surface area contributed by atoms with E-state index in [2.05, 4.69) is 10.6 Å². The van der Waals surface area contributed by atoms with Crippen LogP contribution in [0.15, 0.2) is 71.7 Å². The maximum absolute atomic E-state index is 13.1. The molecular formula is C27H25BClN3O3. The number of benzodiazepines with no additional fused rings is 1. The Labute approximate surface area is 211 Å². The Morgan fingerprint density at radius 3 is 2.51 bits per heavy atom. The van der Waals surface area contributed by atoms with Gasteiger partial charge < -0.3 is 10.1 Å². The van der Waals surface area contributed by atoms with Gasteiger partial charge in [-0.15, -0.1) is 0 Å². The molecule has 35 heavy (non-hydrogen) atoms. The maximum atomic E-state index is 13.1. The van der Waals surface area contributed by atoms with E-state index in [1.165, 1.54) is 0 Å². The number of nitrogens with one attached hydrogen (secondary N) is 2. The second-order valence-electron chi connectivity index (χ2n) is 9.28. The van der Waals surface area contributed by atoms with Crippen LogP contribution in [0.5, 0.6) is 0 Å². The summed E-state index contributed by atoms with van der Waals surface area (Å²) in [6.45, 7) is 5.41. The van der Waals surface area contributed by atoms with E-state index in [1.807, 2.05) is 30.3 Å². The lowest BCUT2D eigenvalue weighted by Gasteiger charge is -2.19. The number of benzene rings is 3. The molecule has 2 radical (unpaired) electrons. The van der Waals surface area contributed by atoms with E-state index >= 15 is 0 Å². The van der Waals surface area contributed by atoms with Crippen molar-refractivity contribution in [2.75, 3.05) is 10.6 Å². The molecule has 8 heteroatoms. The number of aliphatic imine (C=N–C) groups is 1. The highest BCUT2D eigenvalue weighted by Gasteiger charge is 2.27. The molecule has 0 saturated carbocycles. The Hall–Kier alpha value is -3.58. The molecule has 1 atom stereocenters. The largest absolute Gasteiger partial charge is 0.444 e. The molecule has 0 spiro atoms. The van der Waals surface area contributed by atoms with Gasteiger partial charge in [-0.1, -0.05) is 59.0 Å². The fraction of sp³-hybridized carbons (Fsp3) is 0.222. The monoisotopic (exact) mass is 485 g/mol. The number of ether oxygens (including phenoxy) is 1. The number of fused-ring (bicyclic) bond motifs is 1. The number of carbonyl (C=O) groups excluding carboxylic acids is 2. The van der Waals surface area contributed by atoms with Crippen molar-refractivity contribution < 1.29 is 14.3 Å². The number of rotatable bonds is 4. The number of hydrogen-bond donors (Lipinski definition) is 2. The summed E-state index contributed by atoms with van der Waals surface area (Å²) >= 11 is 6.30. The zero-order valence-electron chi connectivity index (χ0n) is 19.8. The van der Waals surface area contributed by atoms with Crippen LogP contribution in [0, 0.1) is 0 Å². The van der Waals surface area contributed by atoms with Gasteiger partial charge in [-0.25, -0.2) is 4.79 Å². The zero-order valence-corrected chi connectivity index (χ0v) is 20.5. The van der Waals surface area contributed by atoms with Gasteiger partial charge in [-0.3, -0.25) is 15.1 Å². The number of nitrogens with zero attached hydrogens (tertiary/aromatic N) is 1. The number of anilines is 2. The molecule has 1 aliphatic rings. The number of halogens is 1. The summed E-state index contributed by atoms with van der Waals surface area (Å²) in [5.41, 5.74) is 4.15. The van der Waals surface area contributed by atoms with Gasteiger partial charge in [0.1, 0.15) is 19.5 Å². The van der Waals surface area contributed by atoms with E-state index in [1.54, 1.807) is 57.2 Å². The first-order valence-electron chi connectivity index (χ1n) is 11.2. The standard InChI is InChI=1S/C27H25BClN3O3/c1-27(2,3)35-26(34)30-19-11-8-16(9-12-19)24-20-15-18(29)10-13-22(20)32-25(33)23(31-24)14-17-6-4-5-7-21(17)28/h4-13,15,23H,14H2,1-3H3,(H,30,34)(H,32,33). The summed E-state index contributed by atoms with van der Waals surface area (Å²) in [7, 11) is 6.12. The molecule has 0 saturated heterocycles. The van der Waals surface area contributed by atoms with Gasteiger partial charge >= 0.3 is 6.09 Å². The fourth-order valence-electron chi connectivity index (χ4n) is 3.75. The molecule has 3 aromatic rings. The van der Waals surface area contributed by atoms with Gasteiger partial charge in [0, 0.05) is 28.3 Å². The first-order valence-corrected chi connectivity index (χ1v) is 11.6. The van der Waals surface area contributed by atoms with E-state index in [-0.39, 0.29) is 5.91 Å². The molecule has 0 fully saturated rings. The molecule has 1 aliphatic heterocycles. The number of carbonyl (C=O) groups is 2. The minimum absolute atomic E-state index is 0.227. The van der Waals surface area contributed by atoms with Crippen LogP contribution in [0.25, 0.3) is 0 Å². The Morgan fingerprint density at radius 2 is 1.83 bits per heavy atom. The van der Waals surface area contributed by atoms with Crippen molar-refractivity contribution in [3.8, 4) is 0 Å². The van der Waals surface area contributed by atoms with Crippen LogP contribution < -0.4 is 16.1 Å². The lowest BCUT2D eigenvalue weighted by Crippen LogP contribution is -2.29. The molecule has 0 bridgehead atoms. The van der Waals surface area contributed by atoms with Gasteiger partial charge in [0.15, 0.2) is 0 Å². The predicted octanol–water partition coefficient (Wildman–Crippen LogP) is 4.88. The van der Waals surface area contributed by atoms with Crippen LogP contribution in [-0.2, 0) is 16.0 Å². The van der Waals surface area contributed by atoms with Crippen molar-refractivity contribution in [1.82, 2.24) is 0 Å². The van der Waals surface area contributed by atoms with Crippen LogP contribution in [0.2, 0.25) is 5.02 Å².